The molecule has 138 valence electrons. The average molecular weight is 367 g/mol. The molecule has 4 atom stereocenters. The summed E-state index contributed by atoms with van der Waals surface area (Å²) in [5.74, 6) is 1.79. The number of aliphatic hydroxyl groups is 1. The predicted molar refractivity (Wildman–Crippen MR) is 98.3 cm³/mol. The molecule has 1 aromatic rings. The maximum Gasteiger partial charge on any atom is 0.257 e. The molecule has 3 fully saturated rings. The van der Waals surface area contributed by atoms with Crippen molar-refractivity contribution in [1.29, 1.82) is 0 Å². The van der Waals surface area contributed by atoms with Crippen molar-refractivity contribution in [2.24, 2.45) is 11.8 Å². The Bertz CT molecular complexity index is 606. The number of likely N-dealkylation sites (tertiary alicyclic amines) is 1. The van der Waals surface area contributed by atoms with E-state index in [1.807, 2.05) is 29.2 Å². The van der Waals surface area contributed by atoms with Gasteiger partial charge in [0.1, 0.15) is 11.9 Å². The van der Waals surface area contributed by atoms with Crippen molar-refractivity contribution in [3.63, 3.8) is 0 Å². The summed E-state index contributed by atoms with van der Waals surface area (Å²) < 4.78 is 6.16. The van der Waals surface area contributed by atoms with E-state index in [-0.39, 0.29) is 24.4 Å². The summed E-state index contributed by atoms with van der Waals surface area (Å²) in [6.45, 7) is 3.66. The molecule has 2 heterocycles. The smallest absolute Gasteiger partial charge is 0.257 e. The fraction of sp³-hybridized carbons (Fsp3) is 0.632. The van der Waals surface area contributed by atoms with E-state index < -0.39 is 6.10 Å². The van der Waals surface area contributed by atoms with Gasteiger partial charge in [-0.05, 0) is 62.7 Å². The first kappa shape index (κ1) is 18.5. The van der Waals surface area contributed by atoms with E-state index in [1.165, 1.54) is 0 Å². The lowest BCUT2D eigenvalue weighted by atomic mass is 9.78. The van der Waals surface area contributed by atoms with Gasteiger partial charge in [-0.2, -0.15) is 0 Å². The van der Waals surface area contributed by atoms with Gasteiger partial charge in [0.25, 0.3) is 5.91 Å². The SMILES string of the molecule is Cl.O=C(c1ccccc1O[C@@H]1C[C@@H]2CNC[C@@H]2C[C@H]1O)N1CCCC1. The van der Waals surface area contributed by atoms with Gasteiger partial charge >= 0.3 is 0 Å². The zero-order valence-corrected chi connectivity index (χ0v) is 15.2. The molecule has 1 amide bonds. The van der Waals surface area contributed by atoms with E-state index >= 15 is 0 Å². The Morgan fingerprint density at radius 3 is 2.56 bits per heavy atom. The Balaban J connectivity index is 0.00000182. The van der Waals surface area contributed by atoms with Crippen molar-refractivity contribution in [2.75, 3.05) is 26.2 Å². The van der Waals surface area contributed by atoms with E-state index in [0.717, 1.165) is 51.9 Å². The minimum Gasteiger partial charge on any atom is -0.487 e. The highest BCUT2D eigenvalue weighted by Gasteiger charge is 2.40. The summed E-state index contributed by atoms with van der Waals surface area (Å²) in [5, 5.41) is 13.9. The molecule has 3 aliphatic rings. The van der Waals surface area contributed by atoms with Gasteiger partial charge < -0.3 is 20.1 Å². The molecule has 0 aromatic heterocycles. The topological polar surface area (TPSA) is 61.8 Å². The number of hydrogen-bond donors (Lipinski definition) is 2. The number of nitrogens with zero attached hydrogens (tertiary/aromatic N) is 1. The molecule has 25 heavy (non-hydrogen) atoms. The van der Waals surface area contributed by atoms with Gasteiger partial charge in [0.15, 0.2) is 0 Å². The van der Waals surface area contributed by atoms with E-state index in [0.29, 0.717) is 23.1 Å². The molecule has 1 aromatic carbocycles. The lowest BCUT2D eigenvalue weighted by molar-refractivity contribution is -0.0235. The molecule has 1 aliphatic carbocycles. The molecule has 2 saturated heterocycles. The number of rotatable bonds is 3. The van der Waals surface area contributed by atoms with Crippen LogP contribution in [0.25, 0.3) is 0 Å². The van der Waals surface area contributed by atoms with Crippen LogP contribution in [0, 0.1) is 11.8 Å². The molecule has 2 N–H and O–H groups in total. The zero-order valence-electron chi connectivity index (χ0n) is 14.4. The third kappa shape index (κ3) is 3.78. The summed E-state index contributed by atoms with van der Waals surface area (Å²) in [6.07, 6.45) is 3.10. The standard InChI is InChI=1S/C19H26N2O3.ClH/c22-16-9-13-11-20-12-14(13)10-18(16)24-17-6-2-1-5-15(17)19(23)21-7-3-4-8-21;/h1-2,5-6,13-14,16,18,20,22H,3-4,7-12H2;1H/t13-,14+,16+,18+;/m0./s1. The number of halogens is 1. The van der Waals surface area contributed by atoms with E-state index in [4.69, 9.17) is 4.74 Å². The number of ether oxygens (including phenoxy) is 1. The number of aliphatic hydroxyl groups excluding tert-OH is 1. The van der Waals surface area contributed by atoms with Crippen LogP contribution in [-0.2, 0) is 0 Å². The number of amides is 1. The van der Waals surface area contributed by atoms with Crippen LogP contribution in [0.2, 0.25) is 0 Å². The van der Waals surface area contributed by atoms with Crippen molar-refractivity contribution < 1.29 is 14.6 Å². The minimum absolute atomic E-state index is 0. The molecule has 0 spiro atoms. The Kier molecular flexibility index (Phi) is 5.87. The Hall–Kier alpha value is -1.30. The second kappa shape index (κ2) is 7.94. The molecular formula is C19H27ClN2O3. The highest BCUT2D eigenvalue weighted by atomic mass is 35.5. The van der Waals surface area contributed by atoms with E-state index in [9.17, 15) is 9.90 Å². The molecule has 5 nitrogen and oxygen atoms in total. The van der Waals surface area contributed by atoms with Crippen LogP contribution in [0.4, 0.5) is 0 Å². The number of fused-ring (bicyclic) bond motifs is 1. The monoisotopic (exact) mass is 366 g/mol. The van der Waals surface area contributed by atoms with Crippen molar-refractivity contribution in [1.82, 2.24) is 10.2 Å². The Labute approximate surface area is 155 Å². The second-order valence-corrected chi connectivity index (χ2v) is 7.37. The highest BCUT2D eigenvalue weighted by molar-refractivity contribution is 5.97. The van der Waals surface area contributed by atoms with E-state index in [1.54, 1.807) is 0 Å². The number of benzene rings is 1. The van der Waals surface area contributed by atoms with Gasteiger partial charge in [-0.15, -0.1) is 12.4 Å². The summed E-state index contributed by atoms with van der Waals surface area (Å²) >= 11 is 0. The first-order chi connectivity index (χ1) is 11.7. The van der Waals surface area contributed by atoms with Crippen molar-refractivity contribution in [2.45, 2.75) is 37.9 Å². The summed E-state index contributed by atoms with van der Waals surface area (Å²) in [6, 6.07) is 7.47. The quantitative estimate of drug-likeness (QED) is 0.859. The van der Waals surface area contributed by atoms with E-state index in [2.05, 4.69) is 5.32 Å². The van der Waals surface area contributed by atoms with Gasteiger partial charge in [0.2, 0.25) is 0 Å². The normalized spacial score (nSPS) is 31.3. The maximum absolute atomic E-state index is 12.7. The Morgan fingerprint density at radius 2 is 1.80 bits per heavy atom. The molecule has 0 unspecified atom stereocenters. The van der Waals surface area contributed by atoms with Gasteiger partial charge in [-0.3, -0.25) is 4.79 Å². The van der Waals surface area contributed by atoms with Gasteiger partial charge in [0, 0.05) is 13.1 Å². The predicted octanol–water partition coefficient (Wildman–Crippen LogP) is 2.08. The van der Waals surface area contributed by atoms with Crippen LogP contribution in [0.15, 0.2) is 24.3 Å². The Morgan fingerprint density at radius 1 is 1.12 bits per heavy atom. The lowest BCUT2D eigenvalue weighted by Gasteiger charge is -2.35. The summed E-state index contributed by atoms with van der Waals surface area (Å²) in [5.41, 5.74) is 0.623. The zero-order chi connectivity index (χ0) is 16.5. The lowest BCUT2D eigenvalue weighted by Crippen LogP contribution is -2.42. The molecule has 6 heteroatoms. The molecule has 1 saturated carbocycles. The number of carbonyl (C=O) groups is 1. The average Bonchev–Trinajstić information content (AvgIpc) is 3.26. The van der Waals surface area contributed by atoms with Crippen molar-refractivity contribution >= 4 is 18.3 Å². The van der Waals surface area contributed by atoms with Crippen LogP contribution < -0.4 is 10.1 Å². The van der Waals surface area contributed by atoms with Crippen LogP contribution >= 0.6 is 12.4 Å². The fourth-order valence-corrected chi connectivity index (χ4v) is 4.38. The minimum atomic E-state index is -0.457. The molecular weight excluding hydrogens is 340 g/mol. The van der Waals surface area contributed by atoms with Crippen LogP contribution in [0.5, 0.6) is 5.75 Å². The van der Waals surface area contributed by atoms with Gasteiger partial charge in [0.05, 0.1) is 11.7 Å². The largest absolute Gasteiger partial charge is 0.487 e. The number of hydrogen-bond acceptors (Lipinski definition) is 4. The number of carbonyl (C=O) groups excluding carboxylic acids is 1. The molecule has 4 rings (SSSR count). The third-order valence-electron chi connectivity index (χ3n) is 5.78. The van der Waals surface area contributed by atoms with Gasteiger partial charge in [-0.1, -0.05) is 12.1 Å². The fourth-order valence-electron chi connectivity index (χ4n) is 4.38. The number of nitrogens with one attached hydrogen (secondary N) is 1. The van der Waals surface area contributed by atoms with Crippen LogP contribution in [-0.4, -0.2) is 54.3 Å². The first-order valence-corrected chi connectivity index (χ1v) is 9.16. The van der Waals surface area contributed by atoms with Crippen LogP contribution in [0.1, 0.15) is 36.0 Å². The number of para-hydroxylation sites is 1. The van der Waals surface area contributed by atoms with Crippen molar-refractivity contribution in [3.8, 4) is 5.75 Å². The second-order valence-electron chi connectivity index (χ2n) is 7.37. The highest BCUT2D eigenvalue weighted by Crippen LogP contribution is 2.35. The third-order valence-corrected chi connectivity index (χ3v) is 5.78. The summed E-state index contributed by atoms with van der Waals surface area (Å²) in [7, 11) is 0. The molecule has 2 aliphatic heterocycles. The van der Waals surface area contributed by atoms with Crippen LogP contribution in [0.3, 0.4) is 0 Å². The van der Waals surface area contributed by atoms with Crippen molar-refractivity contribution in [3.05, 3.63) is 29.8 Å². The summed E-state index contributed by atoms with van der Waals surface area (Å²) in [4.78, 5) is 14.6. The molecule has 0 radical (unpaired) electrons. The maximum atomic E-state index is 12.7. The van der Waals surface area contributed by atoms with Gasteiger partial charge in [-0.25, -0.2) is 0 Å². The molecule has 0 bridgehead atoms. The first-order valence-electron chi connectivity index (χ1n) is 9.16.